The maximum Gasteiger partial charge on any atom is 0.408 e. The Labute approximate surface area is 158 Å². The number of alkyl carbamates (subject to hydrolysis) is 1. The average Bonchev–Trinajstić information content (AvgIpc) is 2.49. The monoisotopic (exact) mass is 365 g/mol. The highest BCUT2D eigenvalue weighted by Crippen LogP contribution is 2.28. The van der Waals surface area contributed by atoms with Crippen molar-refractivity contribution < 1.29 is 19.4 Å². The molecule has 0 aromatic heterocycles. The molecule has 0 bridgehead atoms. The van der Waals surface area contributed by atoms with Gasteiger partial charge in [-0.1, -0.05) is 32.4 Å². The molecule has 0 saturated heterocycles. The van der Waals surface area contributed by atoms with Gasteiger partial charge < -0.3 is 19.9 Å². The van der Waals surface area contributed by atoms with Crippen LogP contribution >= 0.6 is 0 Å². The van der Waals surface area contributed by atoms with E-state index in [0.29, 0.717) is 12.5 Å². The lowest BCUT2D eigenvalue weighted by Crippen LogP contribution is -2.44. The first-order valence-electron chi connectivity index (χ1n) is 9.37. The smallest absolute Gasteiger partial charge is 0.408 e. The summed E-state index contributed by atoms with van der Waals surface area (Å²) >= 11 is 0. The molecule has 0 spiro atoms. The molecule has 0 heterocycles. The summed E-state index contributed by atoms with van der Waals surface area (Å²) in [7, 11) is 0. The molecule has 0 aliphatic rings. The minimum Gasteiger partial charge on any atom is -0.493 e. The minimum atomic E-state index is -1.14. The minimum absolute atomic E-state index is 0.512. The second kappa shape index (κ2) is 9.26. The number of carbonyl (C=O) groups excluding carboxylic acids is 1. The molecule has 1 amide bonds. The lowest BCUT2D eigenvalue weighted by atomic mass is 9.92. The van der Waals surface area contributed by atoms with Crippen LogP contribution in [0.2, 0.25) is 0 Å². The van der Waals surface area contributed by atoms with Crippen LogP contribution in [0.4, 0.5) is 4.79 Å². The summed E-state index contributed by atoms with van der Waals surface area (Å²) in [5.74, 6) is 1.29. The Morgan fingerprint density at radius 1 is 1.15 bits per heavy atom. The van der Waals surface area contributed by atoms with Gasteiger partial charge in [-0.3, -0.25) is 0 Å². The molecule has 26 heavy (non-hydrogen) atoms. The van der Waals surface area contributed by atoms with Crippen LogP contribution in [0, 0.1) is 5.92 Å². The Hall–Kier alpha value is -1.75. The topological polar surface area (TPSA) is 67.8 Å². The van der Waals surface area contributed by atoms with Crippen molar-refractivity contribution in [2.24, 2.45) is 5.92 Å². The van der Waals surface area contributed by atoms with Gasteiger partial charge in [-0.15, -0.1) is 0 Å². The first-order chi connectivity index (χ1) is 11.9. The highest BCUT2D eigenvalue weighted by Gasteiger charge is 2.31. The predicted octanol–water partition coefficient (Wildman–Crippen LogP) is 4.84. The van der Waals surface area contributed by atoms with Crippen molar-refractivity contribution in [3.05, 3.63) is 29.8 Å². The normalized spacial score (nSPS) is 14.5. The van der Waals surface area contributed by atoms with Crippen molar-refractivity contribution in [1.82, 2.24) is 5.32 Å². The third-order valence-corrected chi connectivity index (χ3v) is 3.90. The van der Waals surface area contributed by atoms with Gasteiger partial charge in [0.1, 0.15) is 11.4 Å². The van der Waals surface area contributed by atoms with E-state index in [-0.39, 0.29) is 0 Å². The quantitative estimate of drug-likeness (QED) is 0.692. The van der Waals surface area contributed by atoms with E-state index in [1.165, 1.54) is 0 Å². The third kappa shape index (κ3) is 8.09. The maximum atomic E-state index is 12.1. The Morgan fingerprint density at radius 3 is 2.19 bits per heavy atom. The fraction of sp³-hybridized carbons (Fsp3) is 0.667. The number of amides is 1. The molecule has 5 heteroatoms. The Balaban J connectivity index is 2.81. The third-order valence-electron chi connectivity index (χ3n) is 3.90. The number of rotatable bonds is 8. The standard InChI is InChI=1S/C21H35NO4/c1-8-9-15(2)14-25-17-12-10-16(11-13-17)18(21(6,7)24)22-19(23)26-20(3,4)5/h10-13,15,18,24H,8-9,14H2,1-7H3,(H,22,23)/t15-,18-/m1/s1. The predicted molar refractivity (Wildman–Crippen MR) is 104 cm³/mol. The van der Waals surface area contributed by atoms with Gasteiger partial charge in [-0.2, -0.15) is 0 Å². The van der Waals surface area contributed by atoms with E-state index in [2.05, 4.69) is 19.2 Å². The van der Waals surface area contributed by atoms with Gasteiger partial charge >= 0.3 is 6.09 Å². The largest absolute Gasteiger partial charge is 0.493 e. The van der Waals surface area contributed by atoms with Crippen molar-refractivity contribution in [2.75, 3.05) is 6.61 Å². The SMILES string of the molecule is CCC[C@@H](C)COc1ccc([C@@H](NC(=O)OC(C)(C)C)C(C)(C)O)cc1. The first kappa shape index (κ1) is 22.3. The summed E-state index contributed by atoms with van der Waals surface area (Å²) in [6.45, 7) is 13.7. The molecule has 1 rings (SSSR count). The fourth-order valence-corrected chi connectivity index (χ4v) is 2.66. The molecule has 2 atom stereocenters. The van der Waals surface area contributed by atoms with Gasteiger partial charge in [0.05, 0.1) is 18.2 Å². The van der Waals surface area contributed by atoms with Crippen molar-refractivity contribution >= 4 is 6.09 Å². The van der Waals surface area contributed by atoms with E-state index in [9.17, 15) is 9.90 Å². The fourth-order valence-electron chi connectivity index (χ4n) is 2.66. The van der Waals surface area contributed by atoms with Crippen molar-refractivity contribution in [3.63, 3.8) is 0 Å². The van der Waals surface area contributed by atoms with Gasteiger partial charge in [-0.25, -0.2) is 4.79 Å². The Morgan fingerprint density at radius 2 is 1.73 bits per heavy atom. The van der Waals surface area contributed by atoms with E-state index >= 15 is 0 Å². The van der Waals surface area contributed by atoms with Crippen molar-refractivity contribution in [2.45, 2.75) is 78.6 Å². The van der Waals surface area contributed by atoms with Gasteiger partial charge in [-0.05, 0) is 64.7 Å². The molecule has 0 saturated carbocycles. The molecule has 0 radical (unpaired) electrons. The summed E-state index contributed by atoms with van der Waals surface area (Å²) in [6.07, 6.45) is 1.73. The first-order valence-corrected chi connectivity index (χ1v) is 9.37. The van der Waals surface area contributed by atoms with Gasteiger partial charge in [0.15, 0.2) is 0 Å². The van der Waals surface area contributed by atoms with Crippen LogP contribution in [0.3, 0.4) is 0 Å². The molecule has 5 nitrogen and oxygen atoms in total. The number of carbonyl (C=O) groups is 1. The van der Waals surface area contributed by atoms with E-state index in [4.69, 9.17) is 9.47 Å². The highest BCUT2D eigenvalue weighted by molar-refractivity contribution is 5.68. The molecule has 0 unspecified atom stereocenters. The molecule has 0 fully saturated rings. The van der Waals surface area contributed by atoms with Gasteiger partial charge in [0.25, 0.3) is 0 Å². The summed E-state index contributed by atoms with van der Waals surface area (Å²) < 4.78 is 11.1. The number of hydrogen-bond donors (Lipinski definition) is 2. The molecular weight excluding hydrogens is 330 g/mol. The summed E-state index contributed by atoms with van der Waals surface area (Å²) in [6, 6.07) is 6.86. The average molecular weight is 366 g/mol. The number of benzene rings is 1. The molecular formula is C21H35NO4. The van der Waals surface area contributed by atoms with Crippen molar-refractivity contribution in [1.29, 1.82) is 0 Å². The second-order valence-corrected chi connectivity index (χ2v) is 8.51. The molecule has 1 aromatic rings. The lowest BCUT2D eigenvalue weighted by molar-refractivity contribution is 0.0163. The summed E-state index contributed by atoms with van der Waals surface area (Å²) in [4.78, 5) is 12.1. The van der Waals surface area contributed by atoms with Gasteiger partial charge in [0, 0.05) is 0 Å². The van der Waals surface area contributed by atoms with E-state index < -0.39 is 23.3 Å². The molecule has 0 aliphatic carbocycles. The number of aliphatic hydroxyl groups is 1. The van der Waals surface area contributed by atoms with Crippen LogP contribution in [0.1, 0.15) is 72.9 Å². The Bertz CT molecular complexity index is 555. The molecule has 148 valence electrons. The number of ether oxygens (including phenoxy) is 2. The van der Waals surface area contributed by atoms with Gasteiger partial charge in [0.2, 0.25) is 0 Å². The zero-order valence-electron chi connectivity index (χ0n) is 17.3. The summed E-state index contributed by atoms with van der Waals surface area (Å²) in [5, 5.41) is 13.2. The van der Waals surface area contributed by atoms with Crippen LogP contribution in [0.5, 0.6) is 5.75 Å². The van der Waals surface area contributed by atoms with Crippen LogP contribution in [-0.2, 0) is 4.74 Å². The second-order valence-electron chi connectivity index (χ2n) is 8.51. The van der Waals surface area contributed by atoms with Crippen LogP contribution < -0.4 is 10.1 Å². The zero-order valence-corrected chi connectivity index (χ0v) is 17.3. The van der Waals surface area contributed by atoms with E-state index in [1.54, 1.807) is 34.6 Å². The van der Waals surface area contributed by atoms with Crippen molar-refractivity contribution in [3.8, 4) is 5.75 Å². The van der Waals surface area contributed by atoms with Crippen LogP contribution in [0.25, 0.3) is 0 Å². The number of nitrogens with one attached hydrogen (secondary N) is 1. The number of hydrogen-bond acceptors (Lipinski definition) is 4. The molecule has 1 aromatic carbocycles. The van der Waals surface area contributed by atoms with E-state index in [0.717, 1.165) is 24.2 Å². The summed E-state index contributed by atoms with van der Waals surface area (Å²) in [5.41, 5.74) is -0.951. The zero-order chi connectivity index (χ0) is 20.0. The lowest BCUT2D eigenvalue weighted by Gasteiger charge is -2.31. The van der Waals surface area contributed by atoms with Crippen LogP contribution in [-0.4, -0.2) is 29.0 Å². The molecule has 0 aliphatic heterocycles. The Kier molecular flexibility index (Phi) is 7.94. The van der Waals surface area contributed by atoms with Crippen LogP contribution in [0.15, 0.2) is 24.3 Å². The van der Waals surface area contributed by atoms with E-state index in [1.807, 2.05) is 24.3 Å². The highest BCUT2D eigenvalue weighted by atomic mass is 16.6. The molecule has 2 N–H and O–H groups in total. The maximum absolute atomic E-state index is 12.1.